The van der Waals surface area contributed by atoms with Crippen molar-refractivity contribution in [2.45, 2.75) is 72.1 Å². The van der Waals surface area contributed by atoms with Crippen LogP contribution in [0.25, 0.3) is 0 Å². The normalized spacial score (nSPS) is 12.7. The highest BCUT2D eigenvalue weighted by atomic mass is 16.6. The van der Waals surface area contributed by atoms with Crippen LogP contribution in [0, 0.1) is 20.8 Å². The van der Waals surface area contributed by atoms with Crippen molar-refractivity contribution >= 4 is 29.5 Å². The van der Waals surface area contributed by atoms with Gasteiger partial charge in [-0.2, -0.15) is 0 Å². The monoisotopic (exact) mass is 510 g/mol. The lowest BCUT2D eigenvalue weighted by Gasteiger charge is -2.32. The van der Waals surface area contributed by atoms with Crippen molar-refractivity contribution in [3.05, 3.63) is 64.7 Å². The van der Waals surface area contributed by atoms with E-state index in [0.29, 0.717) is 11.3 Å². The minimum Gasteiger partial charge on any atom is -0.444 e. The average molecular weight is 511 g/mol. The first-order chi connectivity index (χ1) is 17.2. The molecular formula is C28H38N4O5. The zero-order valence-electron chi connectivity index (χ0n) is 22.7. The van der Waals surface area contributed by atoms with E-state index in [4.69, 9.17) is 10.5 Å². The van der Waals surface area contributed by atoms with Gasteiger partial charge in [0.05, 0.1) is 0 Å². The highest BCUT2D eigenvalue weighted by molar-refractivity contribution is 5.99. The zero-order valence-corrected chi connectivity index (χ0v) is 22.7. The van der Waals surface area contributed by atoms with Gasteiger partial charge in [-0.1, -0.05) is 47.5 Å². The quantitative estimate of drug-likeness (QED) is 0.471. The number of carbonyl (C=O) groups is 4. The topological polar surface area (TPSA) is 131 Å². The predicted octanol–water partition coefficient (Wildman–Crippen LogP) is 3.91. The molecule has 200 valence electrons. The Kier molecular flexibility index (Phi) is 9.82. The second kappa shape index (κ2) is 12.4. The maximum Gasteiger partial charge on any atom is 0.408 e. The number of para-hydroxylation sites is 1. The Morgan fingerprint density at radius 1 is 1.00 bits per heavy atom. The molecule has 9 nitrogen and oxygen atoms in total. The first-order valence-corrected chi connectivity index (χ1v) is 12.2. The molecule has 4 N–H and O–H groups in total. The molecule has 0 spiro atoms. The fourth-order valence-electron chi connectivity index (χ4n) is 4.00. The summed E-state index contributed by atoms with van der Waals surface area (Å²) in [5, 5.41) is 5.47. The molecule has 0 saturated carbocycles. The van der Waals surface area contributed by atoms with Crippen LogP contribution in [0.2, 0.25) is 0 Å². The van der Waals surface area contributed by atoms with Crippen LogP contribution in [0.1, 0.15) is 61.9 Å². The Balaban J connectivity index is 2.44. The molecule has 0 radical (unpaired) electrons. The number of likely N-dealkylation sites (N-methyl/N-ethyl adjacent to an activating group) is 1. The number of rotatable bonds is 9. The summed E-state index contributed by atoms with van der Waals surface area (Å²) in [5.74, 6) is -1.59. The van der Waals surface area contributed by atoms with Gasteiger partial charge in [0, 0.05) is 19.2 Å². The Morgan fingerprint density at radius 3 is 2.14 bits per heavy atom. The molecule has 2 rings (SSSR count). The van der Waals surface area contributed by atoms with E-state index in [9.17, 15) is 19.2 Å². The van der Waals surface area contributed by atoms with Crippen LogP contribution in [0.15, 0.2) is 42.5 Å². The number of aryl methyl sites for hydroxylation is 3. The van der Waals surface area contributed by atoms with Crippen LogP contribution < -0.4 is 16.4 Å². The minimum absolute atomic E-state index is 0.0449. The molecule has 0 aromatic heterocycles. The molecule has 4 amide bonds. The summed E-state index contributed by atoms with van der Waals surface area (Å²) < 4.78 is 5.30. The molecular weight excluding hydrogens is 472 g/mol. The number of anilines is 1. The number of hydrogen-bond acceptors (Lipinski definition) is 5. The van der Waals surface area contributed by atoms with Crippen LogP contribution in [0.5, 0.6) is 0 Å². The summed E-state index contributed by atoms with van der Waals surface area (Å²) in [6.45, 7) is 10.8. The first kappa shape index (κ1) is 29.4. The predicted molar refractivity (Wildman–Crippen MR) is 143 cm³/mol. The third kappa shape index (κ3) is 8.93. The van der Waals surface area contributed by atoms with Gasteiger partial charge in [0.15, 0.2) is 0 Å². The lowest BCUT2D eigenvalue weighted by Crippen LogP contribution is -2.51. The van der Waals surface area contributed by atoms with E-state index in [1.807, 2.05) is 57.2 Å². The van der Waals surface area contributed by atoms with Crippen molar-refractivity contribution < 1.29 is 23.9 Å². The third-order valence-electron chi connectivity index (χ3n) is 5.61. The second-order valence-electron chi connectivity index (χ2n) is 10.3. The summed E-state index contributed by atoms with van der Waals surface area (Å²) in [6.07, 6.45) is -0.989. The van der Waals surface area contributed by atoms with E-state index in [2.05, 4.69) is 10.6 Å². The maximum atomic E-state index is 13.7. The van der Waals surface area contributed by atoms with E-state index < -0.39 is 41.5 Å². The number of nitrogens with one attached hydrogen (secondary N) is 2. The molecule has 0 aliphatic carbocycles. The minimum atomic E-state index is -1.13. The summed E-state index contributed by atoms with van der Waals surface area (Å²) in [5.41, 5.74) is 8.50. The molecule has 9 heteroatoms. The van der Waals surface area contributed by atoms with E-state index in [1.165, 1.54) is 11.9 Å². The summed E-state index contributed by atoms with van der Waals surface area (Å²) >= 11 is 0. The maximum absolute atomic E-state index is 13.7. The molecule has 2 unspecified atom stereocenters. The molecule has 0 saturated heterocycles. The number of hydrogen-bond donors (Lipinski definition) is 3. The second-order valence-corrected chi connectivity index (χ2v) is 10.3. The van der Waals surface area contributed by atoms with Crippen LogP contribution >= 0.6 is 0 Å². The van der Waals surface area contributed by atoms with Crippen molar-refractivity contribution in [3.8, 4) is 0 Å². The van der Waals surface area contributed by atoms with Gasteiger partial charge >= 0.3 is 6.09 Å². The van der Waals surface area contributed by atoms with Crippen molar-refractivity contribution in [1.29, 1.82) is 0 Å². The number of benzene rings is 2. The molecule has 0 aliphatic rings. The highest BCUT2D eigenvalue weighted by Gasteiger charge is 2.34. The number of nitrogens with zero attached hydrogens (tertiary/aromatic N) is 1. The fourth-order valence-corrected chi connectivity index (χ4v) is 4.00. The molecule has 2 aromatic rings. The van der Waals surface area contributed by atoms with Crippen LogP contribution in [0.3, 0.4) is 0 Å². The lowest BCUT2D eigenvalue weighted by atomic mass is 9.98. The number of amides is 4. The molecule has 37 heavy (non-hydrogen) atoms. The van der Waals surface area contributed by atoms with Gasteiger partial charge in [-0.05, 0) is 65.2 Å². The Labute approximate surface area is 218 Å². The smallest absolute Gasteiger partial charge is 0.408 e. The third-order valence-corrected chi connectivity index (χ3v) is 5.61. The Morgan fingerprint density at radius 2 is 1.59 bits per heavy atom. The average Bonchev–Trinajstić information content (AvgIpc) is 2.75. The molecule has 0 aliphatic heterocycles. The largest absolute Gasteiger partial charge is 0.444 e. The SMILES string of the molecule is Cc1cc(C)cc(C(C(=O)Nc2ccccc2C)N(C)C(=O)C(CCC(N)=O)NC(=O)OC(C)(C)C)c1. The standard InChI is InChI=1S/C28H38N4O5/c1-17-14-18(2)16-20(15-17)24(25(34)30-21-11-9-8-10-19(21)3)32(7)26(35)22(12-13-23(29)33)31-27(36)37-28(4,5)6/h8-11,14-16,22,24H,12-13H2,1-7H3,(H2,29,33)(H,30,34)(H,31,36). The van der Waals surface area contributed by atoms with Crippen molar-refractivity contribution in [2.75, 3.05) is 12.4 Å². The highest BCUT2D eigenvalue weighted by Crippen LogP contribution is 2.26. The van der Waals surface area contributed by atoms with Crippen LogP contribution in [-0.2, 0) is 19.1 Å². The van der Waals surface area contributed by atoms with Crippen molar-refractivity contribution in [1.82, 2.24) is 10.2 Å². The van der Waals surface area contributed by atoms with Gasteiger partial charge in [-0.3, -0.25) is 14.4 Å². The summed E-state index contributed by atoms with van der Waals surface area (Å²) in [7, 11) is 1.50. The van der Waals surface area contributed by atoms with E-state index >= 15 is 0 Å². The number of alkyl carbamates (subject to hydrolysis) is 1. The van der Waals surface area contributed by atoms with Gasteiger partial charge < -0.3 is 26.0 Å². The molecule has 0 heterocycles. The van der Waals surface area contributed by atoms with E-state index in [1.54, 1.807) is 26.8 Å². The molecule has 2 aromatic carbocycles. The lowest BCUT2D eigenvalue weighted by molar-refractivity contribution is -0.139. The zero-order chi connectivity index (χ0) is 27.9. The Hall–Kier alpha value is -3.88. The van der Waals surface area contributed by atoms with E-state index in [-0.39, 0.29) is 12.8 Å². The fraction of sp³-hybridized carbons (Fsp3) is 0.429. The van der Waals surface area contributed by atoms with Gasteiger partial charge in [-0.25, -0.2) is 4.79 Å². The number of primary amides is 1. The van der Waals surface area contributed by atoms with Gasteiger partial charge in [0.25, 0.3) is 5.91 Å². The first-order valence-electron chi connectivity index (χ1n) is 12.2. The van der Waals surface area contributed by atoms with Gasteiger partial charge in [-0.15, -0.1) is 0 Å². The van der Waals surface area contributed by atoms with Gasteiger partial charge in [0.1, 0.15) is 17.7 Å². The molecule has 0 fully saturated rings. The van der Waals surface area contributed by atoms with Crippen molar-refractivity contribution in [2.24, 2.45) is 5.73 Å². The number of carbonyl (C=O) groups excluding carboxylic acids is 4. The van der Waals surface area contributed by atoms with Gasteiger partial charge in [0.2, 0.25) is 11.8 Å². The Bertz CT molecular complexity index is 1140. The van der Waals surface area contributed by atoms with E-state index in [0.717, 1.165) is 16.7 Å². The summed E-state index contributed by atoms with van der Waals surface area (Å²) in [6, 6.07) is 10.9. The van der Waals surface area contributed by atoms with Crippen LogP contribution in [0.4, 0.5) is 10.5 Å². The molecule has 0 bridgehead atoms. The summed E-state index contributed by atoms with van der Waals surface area (Å²) in [4.78, 5) is 52.6. The van der Waals surface area contributed by atoms with Crippen LogP contribution in [-0.4, -0.2) is 47.4 Å². The number of nitrogens with two attached hydrogens (primary N) is 1. The van der Waals surface area contributed by atoms with Crippen molar-refractivity contribution in [3.63, 3.8) is 0 Å². The number of ether oxygens (including phenoxy) is 1. The molecule has 2 atom stereocenters.